The molecule has 1 aliphatic carbocycles. The van der Waals surface area contributed by atoms with Crippen LogP contribution in [0.25, 0.3) is 0 Å². The Morgan fingerprint density at radius 1 is 1.40 bits per heavy atom. The zero-order valence-electron chi connectivity index (χ0n) is 9.19. The summed E-state index contributed by atoms with van der Waals surface area (Å²) in [5, 5.41) is 0. The van der Waals surface area contributed by atoms with Gasteiger partial charge in [0.2, 0.25) is 5.91 Å². The standard InChI is InChI=1S/C12H20N2O/c13-12(15)11-6-7-14(9-11)8-10-4-2-1-3-5-10/h1-2,10-11H,3-9H2,(H2,13,15)/t10-,11-/m0/s1. The van der Waals surface area contributed by atoms with E-state index in [0.29, 0.717) is 0 Å². The van der Waals surface area contributed by atoms with Gasteiger partial charge in [-0.2, -0.15) is 0 Å². The molecule has 3 nitrogen and oxygen atoms in total. The van der Waals surface area contributed by atoms with E-state index in [1.165, 1.54) is 19.3 Å². The van der Waals surface area contributed by atoms with E-state index in [2.05, 4.69) is 17.1 Å². The summed E-state index contributed by atoms with van der Waals surface area (Å²) < 4.78 is 0. The van der Waals surface area contributed by atoms with Crippen molar-refractivity contribution in [1.29, 1.82) is 0 Å². The summed E-state index contributed by atoms with van der Waals surface area (Å²) in [6.07, 6.45) is 9.24. The molecular weight excluding hydrogens is 188 g/mol. The Kier molecular flexibility index (Phi) is 3.41. The molecule has 0 bridgehead atoms. The Bertz CT molecular complexity index is 262. The summed E-state index contributed by atoms with van der Waals surface area (Å²) in [6.45, 7) is 3.08. The zero-order chi connectivity index (χ0) is 10.7. The Morgan fingerprint density at radius 3 is 2.87 bits per heavy atom. The van der Waals surface area contributed by atoms with E-state index in [9.17, 15) is 4.79 Å². The lowest BCUT2D eigenvalue weighted by Crippen LogP contribution is -2.31. The molecule has 0 unspecified atom stereocenters. The van der Waals surface area contributed by atoms with Gasteiger partial charge in [0.25, 0.3) is 0 Å². The molecule has 2 N–H and O–H groups in total. The minimum atomic E-state index is -0.124. The first kappa shape index (κ1) is 10.7. The van der Waals surface area contributed by atoms with Gasteiger partial charge < -0.3 is 10.6 Å². The summed E-state index contributed by atoms with van der Waals surface area (Å²) in [7, 11) is 0. The first-order valence-corrected chi connectivity index (χ1v) is 5.92. The van der Waals surface area contributed by atoms with Gasteiger partial charge in [-0.1, -0.05) is 12.2 Å². The number of hydrogen-bond donors (Lipinski definition) is 1. The number of likely N-dealkylation sites (tertiary alicyclic amines) is 1. The maximum absolute atomic E-state index is 11.0. The average Bonchev–Trinajstić information content (AvgIpc) is 2.68. The lowest BCUT2D eigenvalue weighted by Gasteiger charge is -2.24. The smallest absolute Gasteiger partial charge is 0.221 e. The number of hydrogen-bond acceptors (Lipinski definition) is 2. The fourth-order valence-corrected chi connectivity index (χ4v) is 2.62. The molecule has 1 heterocycles. The van der Waals surface area contributed by atoms with Crippen molar-refractivity contribution in [3.05, 3.63) is 12.2 Å². The van der Waals surface area contributed by atoms with Crippen LogP contribution in [0.4, 0.5) is 0 Å². The summed E-state index contributed by atoms with van der Waals surface area (Å²) in [5.41, 5.74) is 5.32. The maximum atomic E-state index is 11.0. The van der Waals surface area contributed by atoms with Crippen LogP contribution in [-0.4, -0.2) is 30.4 Å². The molecule has 15 heavy (non-hydrogen) atoms. The molecule has 0 aromatic heterocycles. The van der Waals surface area contributed by atoms with Crippen LogP contribution in [0.15, 0.2) is 12.2 Å². The fourth-order valence-electron chi connectivity index (χ4n) is 2.62. The van der Waals surface area contributed by atoms with E-state index in [0.717, 1.165) is 32.0 Å². The van der Waals surface area contributed by atoms with Gasteiger partial charge in [0.05, 0.1) is 5.92 Å². The third-order valence-corrected chi connectivity index (χ3v) is 3.57. The first-order chi connectivity index (χ1) is 7.25. The number of nitrogens with two attached hydrogens (primary N) is 1. The number of carbonyl (C=O) groups excluding carboxylic acids is 1. The van der Waals surface area contributed by atoms with Crippen molar-refractivity contribution in [2.75, 3.05) is 19.6 Å². The maximum Gasteiger partial charge on any atom is 0.221 e. The van der Waals surface area contributed by atoms with E-state index < -0.39 is 0 Å². The third-order valence-electron chi connectivity index (χ3n) is 3.57. The van der Waals surface area contributed by atoms with Crippen molar-refractivity contribution in [1.82, 2.24) is 4.90 Å². The molecule has 2 atom stereocenters. The normalized spacial score (nSPS) is 32.0. The van der Waals surface area contributed by atoms with Gasteiger partial charge >= 0.3 is 0 Å². The monoisotopic (exact) mass is 208 g/mol. The van der Waals surface area contributed by atoms with E-state index in [1.54, 1.807) is 0 Å². The Hall–Kier alpha value is -0.830. The highest BCUT2D eigenvalue weighted by Crippen LogP contribution is 2.23. The highest BCUT2D eigenvalue weighted by atomic mass is 16.1. The van der Waals surface area contributed by atoms with Crippen molar-refractivity contribution in [3.8, 4) is 0 Å². The van der Waals surface area contributed by atoms with Crippen molar-refractivity contribution in [2.45, 2.75) is 25.7 Å². The summed E-state index contributed by atoms with van der Waals surface area (Å²) in [4.78, 5) is 13.4. The van der Waals surface area contributed by atoms with Crippen molar-refractivity contribution in [3.63, 3.8) is 0 Å². The minimum Gasteiger partial charge on any atom is -0.369 e. The predicted octanol–water partition coefficient (Wildman–Crippen LogP) is 1.15. The number of allylic oxidation sites excluding steroid dienone is 2. The molecule has 1 saturated heterocycles. The molecule has 0 radical (unpaired) electrons. The van der Waals surface area contributed by atoms with Crippen LogP contribution in [0.3, 0.4) is 0 Å². The molecule has 0 saturated carbocycles. The summed E-state index contributed by atoms with van der Waals surface area (Å²) >= 11 is 0. The summed E-state index contributed by atoms with van der Waals surface area (Å²) in [5.74, 6) is 0.770. The molecular formula is C12H20N2O. The van der Waals surface area contributed by atoms with Crippen LogP contribution in [0.1, 0.15) is 25.7 Å². The van der Waals surface area contributed by atoms with Gasteiger partial charge in [-0.05, 0) is 38.1 Å². The molecule has 2 aliphatic rings. The van der Waals surface area contributed by atoms with E-state index >= 15 is 0 Å². The molecule has 1 aliphatic heterocycles. The van der Waals surface area contributed by atoms with E-state index in [1.807, 2.05) is 0 Å². The van der Waals surface area contributed by atoms with Crippen molar-refractivity contribution < 1.29 is 4.79 Å². The molecule has 0 aromatic carbocycles. The Morgan fingerprint density at radius 2 is 2.27 bits per heavy atom. The lowest BCUT2D eigenvalue weighted by atomic mass is 9.94. The number of nitrogens with zero attached hydrogens (tertiary/aromatic N) is 1. The van der Waals surface area contributed by atoms with Crippen LogP contribution in [0, 0.1) is 11.8 Å². The largest absolute Gasteiger partial charge is 0.369 e. The quantitative estimate of drug-likeness (QED) is 0.707. The molecule has 3 heteroatoms. The fraction of sp³-hybridized carbons (Fsp3) is 0.750. The van der Waals surface area contributed by atoms with Crippen LogP contribution < -0.4 is 5.73 Å². The van der Waals surface area contributed by atoms with Gasteiger partial charge in [0.1, 0.15) is 0 Å². The molecule has 1 fully saturated rings. The topological polar surface area (TPSA) is 46.3 Å². The molecule has 0 aromatic rings. The van der Waals surface area contributed by atoms with Crippen LogP contribution in [0.2, 0.25) is 0 Å². The second-order valence-electron chi connectivity index (χ2n) is 4.80. The SMILES string of the molecule is NC(=O)[C@H]1CCN(C[C@H]2CC=CCC2)C1. The van der Waals surface area contributed by atoms with E-state index in [4.69, 9.17) is 5.73 Å². The van der Waals surface area contributed by atoms with Gasteiger partial charge in [-0.25, -0.2) is 0 Å². The number of amides is 1. The summed E-state index contributed by atoms with van der Waals surface area (Å²) in [6, 6.07) is 0. The Labute approximate surface area is 91.3 Å². The molecule has 84 valence electrons. The highest BCUT2D eigenvalue weighted by Gasteiger charge is 2.27. The highest BCUT2D eigenvalue weighted by molar-refractivity contribution is 5.77. The second-order valence-corrected chi connectivity index (χ2v) is 4.80. The third kappa shape index (κ3) is 2.81. The van der Waals surface area contributed by atoms with Gasteiger partial charge in [-0.15, -0.1) is 0 Å². The van der Waals surface area contributed by atoms with E-state index in [-0.39, 0.29) is 11.8 Å². The molecule has 1 amide bonds. The van der Waals surface area contributed by atoms with Crippen LogP contribution in [-0.2, 0) is 4.79 Å². The van der Waals surface area contributed by atoms with Gasteiger partial charge in [0, 0.05) is 13.1 Å². The number of primary amides is 1. The van der Waals surface area contributed by atoms with Crippen molar-refractivity contribution >= 4 is 5.91 Å². The van der Waals surface area contributed by atoms with Gasteiger partial charge in [-0.3, -0.25) is 4.79 Å². The number of rotatable bonds is 3. The average molecular weight is 208 g/mol. The van der Waals surface area contributed by atoms with Crippen LogP contribution in [0.5, 0.6) is 0 Å². The predicted molar refractivity (Wildman–Crippen MR) is 60.2 cm³/mol. The lowest BCUT2D eigenvalue weighted by molar-refractivity contribution is -0.121. The number of carbonyl (C=O) groups is 1. The van der Waals surface area contributed by atoms with Gasteiger partial charge in [0.15, 0.2) is 0 Å². The zero-order valence-corrected chi connectivity index (χ0v) is 9.19. The molecule has 2 rings (SSSR count). The Balaban J connectivity index is 1.76. The van der Waals surface area contributed by atoms with Crippen LogP contribution >= 0.6 is 0 Å². The first-order valence-electron chi connectivity index (χ1n) is 5.92. The minimum absolute atomic E-state index is 0.101. The molecule has 0 spiro atoms. The van der Waals surface area contributed by atoms with Crippen molar-refractivity contribution in [2.24, 2.45) is 17.6 Å². The second kappa shape index (κ2) is 4.79.